The molecule has 0 spiro atoms. The van der Waals surface area contributed by atoms with Gasteiger partial charge >= 0.3 is 0 Å². The van der Waals surface area contributed by atoms with E-state index in [9.17, 15) is 5.11 Å². The van der Waals surface area contributed by atoms with Crippen LogP contribution in [-0.2, 0) is 4.74 Å². The molecule has 0 aromatic carbocycles. The van der Waals surface area contributed by atoms with E-state index < -0.39 is 5.60 Å². The van der Waals surface area contributed by atoms with E-state index in [-0.39, 0.29) is 0 Å². The highest BCUT2D eigenvalue weighted by atomic mass is 16.5. The third-order valence-corrected chi connectivity index (χ3v) is 4.22. The predicted octanol–water partition coefficient (Wildman–Crippen LogP) is 2.62. The zero-order valence-corrected chi connectivity index (χ0v) is 9.24. The van der Waals surface area contributed by atoms with Crippen LogP contribution in [0.1, 0.15) is 44.9 Å². The fourth-order valence-electron chi connectivity index (χ4n) is 3.23. The molecule has 2 aliphatic carbocycles. The van der Waals surface area contributed by atoms with Crippen LogP contribution in [0.5, 0.6) is 0 Å². The molecule has 0 amide bonds. The minimum absolute atomic E-state index is 0.609. The van der Waals surface area contributed by atoms with Crippen LogP contribution in [0.2, 0.25) is 0 Å². The first-order chi connectivity index (χ1) is 7.28. The summed E-state index contributed by atoms with van der Waals surface area (Å²) in [4.78, 5) is 0. The Morgan fingerprint density at radius 2 is 2.13 bits per heavy atom. The Labute approximate surface area is 91.3 Å². The zero-order chi connectivity index (χ0) is 10.3. The summed E-state index contributed by atoms with van der Waals surface area (Å²) < 4.78 is 5.56. The normalized spacial score (nSPS) is 41.1. The lowest BCUT2D eigenvalue weighted by molar-refractivity contribution is -0.0295. The molecule has 2 unspecified atom stereocenters. The molecule has 2 saturated carbocycles. The Morgan fingerprint density at radius 3 is 2.80 bits per heavy atom. The molecule has 1 N–H and O–H groups in total. The van der Waals surface area contributed by atoms with Gasteiger partial charge < -0.3 is 9.84 Å². The van der Waals surface area contributed by atoms with E-state index >= 15 is 0 Å². The van der Waals surface area contributed by atoms with Gasteiger partial charge in [0, 0.05) is 6.42 Å². The number of hydrogen-bond acceptors (Lipinski definition) is 2. The Balaban J connectivity index is 1.72. The summed E-state index contributed by atoms with van der Waals surface area (Å²) >= 11 is 0. The van der Waals surface area contributed by atoms with Crippen LogP contribution >= 0.6 is 0 Å². The highest BCUT2D eigenvalue weighted by Crippen LogP contribution is 2.48. The first-order valence-corrected chi connectivity index (χ1v) is 6.34. The van der Waals surface area contributed by atoms with Gasteiger partial charge in [0.25, 0.3) is 0 Å². The Kier molecular flexibility index (Phi) is 2.27. The van der Waals surface area contributed by atoms with Gasteiger partial charge in [-0.3, -0.25) is 0 Å². The molecule has 84 valence electrons. The lowest BCUT2D eigenvalue weighted by atomic mass is 9.75. The van der Waals surface area contributed by atoms with Gasteiger partial charge in [-0.15, -0.1) is 0 Å². The van der Waals surface area contributed by atoms with Gasteiger partial charge in [-0.2, -0.15) is 0 Å². The van der Waals surface area contributed by atoms with Crippen LogP contribution in [-0.4, -0.2) is 17.3 Å². The number of aliphatic hydroxyl groups is 1. The quantitative estimate of drug-likeness (QED) is 0.756. The van der Waals surface area contributed by atoms with E-state index in [4.69, 9.17) is 4.74 Å². The van der Waals surface area contributed by atoms with Crippen molar-refractivity contribution in [1.29, 1.82) is 0 Å². The zero-order valence-electron chi connectivity index (χ0n) is 9.24. The summed E-state index contributed by atoms with van der Waals surface area (Å²) in [7, 11) is 0. The van der Waals surface area contributed by atoms with E-state index in [1.54, 1.807) is 0 Å². The first kappa shape index (κ1) is 9.71. The fourth-order valence-corrected chi connectivity index (χ4v) is 3.23. The molecule has 2 atom stereocenters. The molecule has 2 heteroatoms. The summed E-state index contributed by atoms with van der Waals surface area (Å²) in [6.07, 6.45) is 10.2. The SMILES string of the molecule is OC1(C2=CCCO2)CCCC(C2CC2)C1. The van der Waals surface area contributed by atoms with Crippen molar-refractivity contribution in [3.63, 3.8) is 0 Å². The molecule has 3 rings (SSSR count). The van der Waals surface area contributed by atoms with Gasteiger partial charge in [0.2, 0.25) is 0 Å². The van der Waals surface area contributed by atoms with Crippen LogP contribution in [0, 0.1) is 11.8 Å². The van der Waals surface area contributed by atoms with Crippen molar-refractivity contribution in [3.8, 4) is 0 Å². The molecule has 0 radical (unpaired) electrons. The second kappa shape index (κ2) is 3.51. The largest absolute Gasteiger partial charge is 0.495 e. The maximum absolute atomic E-state index is 10.6. The lowest BCUT2D eigenvalue weighted by Gasteiger charge is -2.37. The smallest absolute Gasteiger partial charge is 0.124 e. The molecule has 0 saturated heterocycles. The molecule has 0 aromatic heterocycles. The Morgan fingerprint density at radius 1 is 1.27 bits per heavy atom. The highest BCUT2D eigenvalue weighted by Gasteiger charge is 2.44. The van der Waals surface area contributed by atoms with E-state index in [2.05, 4.69) is 6.08 Å². The van der Waals surface area contributed by atoms with Crippen molar-refractivity contribution in [2.75, 3.05) is 6.61 Å². The average molecular weight is 208 g/mol. The van der Waals surface area contributed by atoms with Crippen LogP contribution in [0.15, 0.2) is 11.8 Å². The van der Waals surface area contributed by atoms with Crippen molar-refractivity contribution < 1.29 is 9.84 Å². The third-order valence-electron chi connectivity index (χ3n) is 4.22. The molecule has 1 heterocycles. The van der Waals surface area contributed by atoms with Gasteiger partial charge in [-0.25, -0.2) is 0 Å². The van der Waals surface area contributed by atoms with Crippen LogP contribution < -0.4 is 0 Å². The fraction of sp³-hybridized carbons (Fsp3) is 0.846. The van der Waals surface area contributed by atoms with Gasteiger partial charge in [0.15, 0.2) is 0 Å². The summed E-state index contributed by atoms with van der Waals surface area (Å²) in [5.74, 6) is 2.56. The lowest BCUT2D eigenvalue weighted by Crippen LogP contribution is -2.38. The third kappa shape index (κ3) is 1.80. The first-order valence-electron chi connectivity index (χ1n) is 6.34. The van der Waals surface area contributed by atoms with Crippen molar-refractivity contribution >= 4 is 0 Å². The van der Waals surface area contributed by atoms with Crippen LogP contribution in [0.4, 0.5) is 0 Å². The number of hydrogen-bond donors (Lipinski definition) is 1. The summed E-state index contributed by atoms with van der Waals surface area (Å²) in [5.41, 5.74) is -0.609. The summed E-state index contributed by atoms with van der Waals surface area (Å²) in [5, 5.41) is 10.6. The van der Waals surface area contributed by atoms with Crippen molar-refractivity contribution in [2.45, 2.75) is 50.5 Å². The standard InChI is InChI=1S/C13H20O2/c14-13(12-4-2-8-15-12)7-1-3-11(9-13)10-5-6-10/h4,10-11,14H,1-3,5-9H2. The van der Waals surface area contributed by atoms with E-state index in [1.807, 2.05) is 0 Å². The molecule has 0 bridgehead atoms. The van der Waals surface area contributed by atoms with Crippen LogP contribution in [0.25, 0.3) is 0 Å². The van der Waals surface area contributed by atoms with E-state index in [1.165, 1.54) is 25.7 Å². The molecular formula is C13H20O2. The maximum Gasteiger partial charge on any atom is 0.124 e. The molecular weight excluding hydrogens is 188 g/mol. The van der Waals surface area contributed by atoms with E-state index in [0.29, 0.717) is 0 Å². The highest BCUT2D eigenvalue weighted by molar-refractivity contribution is 5.15. The Bertz CT molecular complexity index is 280. The minimum atomic E-state index is -0.609. The van der Waals surface area contributed by atoms with Gasteiger partial charge in [0.1, 0.15) is 11.4 Å². The van der Waals surface area contributed by atoms with Gasteiger partial charge in [0.05, 0.1) is 6.61 Å². The van der Waals surface area contributed by atoms with Gasteiger partial charge in [-0.1, -0.05) is 0 Å². The summed E-state index contributed by atoms with van der Waals surface area (Å²) in [6, 6.07) is 0. The Hall–Kier alpha value is -0.500. The molecule has 2 fully saturated rings. The topological polar surface area (TPSA) is 29.5 Å². The van der Waals surface area contributed by atoms with Crippen molar-refractivity contribution in [2.24, 2.45) is 11.8 Å². The van der Waals surface area contributed by atoms with E-state index in [0.717, 1.165) is 43.5 Å². The number of rotatable bonds is 2. The monoisotopic (exact) mass is 208 g/mol. The van der Waals surface area contributed by atoms with Crippen molar-refractivity contribution in [3.05, 3.63) is 11.8 Å². The average Bonchev–Trinajstić information content (AvgIpc) is 2.93. The molecule has 0 aromatic rings. The van der Waals surface area contributed by atoms with Crippen LogP contribution in [0.3, 0.4) is 0 Å². The van der Waals surface area contributed by atoms with Gasteiger partial charge in [-0.05, 0) is 56.4 Å². The minimum Gasteiger partial charge on any atom is -0.495 e. The number of ether oxygens (including phenoxy) is 1. The molecule has 15 heavy (non-hydrogen) atoms. The molecule has 2 nitrogen and oxygen atoms in total. The molecule has 3 aliphatic rings. The summed E-state index contributed by atoms with van der Waals surface area (Å²) in [6.45, 7) is 0.770. The second-order valence-corrected chi connectivity index (χ2v) is 5.43. The maximum atomic E-state index is 10.6. The predicted molar refractivity (Wildman–Crippen MR) is 58.3 cm³/mol. The molecule has 1 aliphatic heterocycles. The van der Waals surface area contributed by atoms with Crippen molar-refractivity contribution in [1.82, 2.24) is 0 Å². The second-order valence-electron chi connectivity index (χ2n) is 5.43.